The van der Waals surface area contributed by atoms with Gasteiger partial charge in [0.25, 0.3) is 0 Å². The zero-order valence-corrected chi connectivity index (χ0v) is 9.12. The van der Waals surface area contributed by atoms with Gasteiger partial charge in [0.1, 0.15) is 11.6 Å². The second-order valence-corrected chi connectivity index (χ2v) is 4.15. The molecule has 16 heavy (non-hydrogen) atoms. The Bertz CT molecular complexity index is 454. The maximum Gasteiger partial charge on any atom is 0.145 e. The van der Waals surface area contributed by atoms with Crippen molar-refractivity contribution >= 4 is 11.5 Å². The third-order valence-corrected chi connectivity index (χ3v) is 3.09. The summed E-state index contributed by atoms with van der Waals surface area (Å²) in [5.41, 5.74) is 9.17. The molecule has 3 rings (SSSR count). The van der Waals surface area contributed by atoms with Gasteiger partial charge < -0.3 is 15.8 Å². The summed E-state index contributed by atoms with van der Waals surface area (Å²) in [6.07, 6.45) is 1.83. The molecule has 1 aromatic carbocycles. The van der Waals surface area contributed by atoms with E-state index in [4.69, 9.17) is 10.5 Å². The van der Waals surface area contributed by atoms with E-state index >= 15 is 0 Å². The Morgan fingerprint density at radius 1 is 1.44 bits per heavy atom. The smallest absolute Gasteiger partial charge is 0.145 e. The van der Waals surface area contributed by atoms with E-state index in [1.54, 1.807) is 0 Å². The summed E-state index contributed by atoms with van der Waals surface area (Å²) >= 11 is 0. The largest absolute Gasteiger partial charge is 0.491 e. The fourth-order valence-corrected chi connectivity index (χ4v) is 2.30. The molecule has 1 aromatic rings. The van der Waals surface area contributed by atoms with E-state index in [-0.39, 0.29) is 0 Å². The highest BCUT2D eigenvalue weighted by atomic mass is 16.5. The van der Waals surface area contributed by atoms with Crippen LogP contribution < -0.4 is 15.8 Å². The van der Waals surface area contributed by atoms with Crippen molar-refractivity contribution in [1.82, 2.24) is 5.32 Å². The molecule has 2 aliphatic rings. The van der Waals surface area contributed by atoms with Gasteiger partial charge in [-0.15, -0.1) is 0 Å². The van der Waals surface area contributed by atoms with E-state index < -0.39 is 0 Å². The monoisotopic (exact) mass is 217 g/mol. The molecule has 0 fully saturated rings. The number of fused-ring (bicyclic) bond motifs is 1. The predicted molar refractivity (Wildman–Crippen MR) is 64.1 cm³/mol. The minimum Gasteiger partial charge on any atom is -0.491 e. The van der Waals surface area contributed by atoms with Crippen molar-refractivity contribution in [2.24, 2.45) is 4.99 Å². The maximum atomic E-state index is 5.88. The fraction of sp³-hybridized carbons (Fsp3) is 0.417. The molecule has 0 unspecified atom stereocenters. The molecule has 0 saturated heterocycles. The normalized spacial score (nSPS) is 17.6. The lowest BCUT2D eigenvalue weighted by atomic mass is 10.0. The van der Waals surface area contributed by atoms with Gasteiger partial charge in [-0.25, -0.2) is 0 Å². The van der Waals surface area contributed by atoms with Crippen LogP contribution in [0.4, 0.5) is 5.69 Å². The number of anilines is 1. The number of nitrogens with two attached hydrogens (primary N) is 1. The summed E-state index contributed by atoms with van der Waals surface area (Å²) in [4.78, 5) is 4.41. The molecule has 84 valence electrons. The second-order valence-electron chi connectivity index (χ2n) is 4.15. The van der Waals surface area contributed by atoms with Crippen molar-refractivity contribution in [1.29, 1.82) is 0 Å². The number of nitrogens with one attached hydrogen (secondary N) is 1. The molecular formula is C12H15N3O. The molecule has 0 aromatic heterocycles. The molecule has 0 aliphatic carbocycles. The van der Waals surface area contributed by atoms with E-state index in [2.05, 4.69) is 16.4 Å². The molecule has 2 aliphatic heterocycles. The van der Waals surface area contributed by atoms with E-state index in [1.165, 1.54) is 11.1 Å². The van der Waals surface area contributed by atoms with Gasteiger partial charge >= 0.3 is 0 Å². The Hall–Kier alpha value is -1.71. The Morgan fingerprint density at radius 2 is 2.38 bits per heavy atom. The lowest BCUT2D eigenvalue weighted by Gasteiger charge is -2.09. The Morgan fingerprint density at radius 3 is 3.19 bits per heavy atom. The Kier molecular flexibility index (Phi) is 2.20. The van der Waals surface area contributed by atoms with Gasteiger partial charge in [0.2, 0.25) is 0 Å². The summed E-state index contributed by atoms with van der Waals surface area (Å²) in [5, 5.41) is 3.29. The van der Waals surface area contributed by atoms with Crippen LogP contribution >= 0.6 is 0 Å². The van der Waals surface area contributed by atoms with Crippen LogP contribution in [0.2, 0.25) is 0 Å². The SMILES string of the molecule is Nc1ccc(CC2=NCCN2)c2c1OCC2. The zero-order valence-electron chi connectivity index (χ0n) is 9.12. The topological polar surface area (TPSA) is 59.6 Å². The molecule has 0 saturated carbocycles. The number of hydrogen-bond acceptors (Lipinski definition) is 4. The van der Waals surface area contributed by atoms with E-state index in [1.807, 2.05) is 6.07 Å². The highest BCUT2D eigenvalue weighted by molar-refractivity contribution is 5.86. The number of benzene rings is 1. The number of nitrogen functional groups attached to an aromatic ring is 1. The first-order valence-corrected chi connectivity index (χ1v) is 5.65. The van der Waals surface area contributed by atoms with Gasteiger partial charge in [0, 0.05) is 24.9 Å². The van der Waals surface area contributed by atoms with Gasteiger partial charge in [0.05, 0.1) is 18.8 Å². The van der Waals surface area contributed by atoms with Crippen LogP contribution in [-0.2, 0) is 12.8 Å². The van der Waals surface area contributed by atoms with E-state index in [0.717, 1.165) is 49.8 Å². The number of rotatable bonds is 2. The molecule has 3 N–H and O–H groups in total. The van der Waals surface area contributed by atoms with E-state index in [9.17, 15) is 0 Å². The van der Waals surface area contributed by atoms with Crippen LogP contribution in [-0.4, -0.2) is 25.5 Å². The average Bonchev–Trinajstić information content (AvgIpc) is 2.92. The van der Waals surface area contributed by atoms with Crippen molar-refractivity contribution in [2.75, 3.05) is 25.4 Å². The quantitative estimate of drug-likeness (QED) is 0.719. The molecular weight excluding hydrogens is 202 g/mol. The van der Waals surface area contributed by atoms with Crippen molar-refractivity contribution in [3.05, 3.63) is 23.3 Å². The highest BCUT2D eigenvalue weighted by Gasteiger charge is 2.20. The fourth-order valence-electron chi connectivity index (χ4n) is 2.30. The maximum absolute atomic E-state index is 5.88. The van der Waals surface area contributed by atoms with Crippen LogP contribution in [0.1, 0.15) is 11.1 Å². The van der Waals surface area contributed by atoms with Crippen molar-refractivity contribution in [3.63, 3.8) is 0 Å². The summed E-state index contributed by atoms with van der Waals surface area (Å²) < 4.78 is 5.55. The van der Waals surface area contributed by atoms with Gasteiger partial charge in [-0.05, 0) is 11.6 Å². The lowest BCUT2D eigenvalue weighted by molar-refractivity contribution is 0.358. The van der Waals surface area contributed by atoms with E-state index in [0.29, 0.717) is 0 Å². The minimum absolute atomic E-state index is 0.746. The van der Waals surface area contributed by atoms with Crippen LogP contribution in [0.3, 0.4) is 0 Å². The first-order chi connectivity index (χ1) is 7.84. The van der Waals surface area contributed by atoms with Gasteiger partial charge in [-0.2, -0.15) is 0 Å². The number of hydrogen-bond donors (Lipinski definition) is 2. The summed E-state index contributed by atoms with van der Waals surface area (Å²) in [5.74, 6) is 1.97. The van der Waals surface area contributed by atoms with Crippen molar-refractivity contribution in [3.8, 4) is 5.75 Å². The Labute approximate surface area is 94.5 Å². The first-order valence-electron chi connectivity index (χ1n) is 5.65. The molecule has 0 spiro atoms. The third kappa shape index (κ3) is 1.50. The zero-order chi connectivity index (χ0) is 11.0. The third-order valence-electron chi connectivity index (χ3n) is 3.09. The summed E-state index contributed by atoms with van der Waals surface area (Å²) in [6.45, 7) is 2.60. The van der Waals surface area contributed by atoms with Crippen LogP contribution in [0, 0.1) is 0 Å². The number of ether oxygens (including phenoxy) is 1. The summed E-state index contributed by atoms with van der Waals surface area (Å²) in [6, 6.07) is 4.01. The van der Waals surface area contributed by atoms with Crippen LogP contribution in [0.5, 0.6) is 5.75 Å². The number of aliphatic imine (C=N–C) groups is 1. The van der Waals surface area contributed by atoms with Crippen LogP contribution in [0.15, 0.2) is 17.1 Å². The van der Waals surface area contributed by atoms with Gasteiger partial charge in [-0.3, -0.25) is 4.99 Å². The minimum atomic E-state index is 0.746. The molecule has 0 radical (unpaired) electrons. The molecule has 2 heterocycles. The second kappa shape index (κ2) is 3.70. The number of amidine groups is 1. The highest BCUT2D eigenvalue weighted by Crippen LogP contribution is 2.34. The number of nitrogens with zero attached hydrogens (tertiary/aromatic N) is 1. The van der Waals surface area contributed by atoms with Crippen LogP contribution in [0.25, 0.3) is 0 Å². The molecule has 4 heteroatoms. The van der Waals surface area contributed by atoms with Gasteiger partial charge in [0.15, 0.2) is 0 Å². The molecule has 4 nitrogen and oxygen atoms in total. The Balaban J connectivity index is 1.93. The first kappa shape index (κ1) is 9.51. The average molecular weight is 217 g/mol. The van der Waals surface area contributed by atoms with Gasteiger partial charge in [-0.1, -0.05) is 6.07 Å². The predicted octanol–water partition coefficient (Wildman–Crippen LogP) is 0.748. The summed E-state index contributed by atoms with van der Waals surface area (Å²) in [7, 11) is 0. The molecule has 0 bridgehead atoms. The standard InChI is InChI=1S/C12H15N3O/c13-10-2-1-8(7-11-14-4-5-15-11)9-3-6-16-12(9)10/h1-2H,3-7,13H2,(H,14,15). The molecule has 0 amide bonds. The lowest BCUT2D eigenvalue weighted by Crippen LogP contribution is -2.21. The van der Waals surface area contributed by atoms with Crippen molar-refractivity contribution in [2.45, 2.75) is 12.8 Å². The van der Waals surface area contributed by atoms with Crippen molar-refractivity contribution < 1.29 is 4.74 Å². The molecule has 0 atom stereocenters.